The van der Waals surface area contributed by atoms with E-state index < -0.39 is 0 Å². The highest BCUT2D eigenvalue weighted by molar-refractivity contribution is 8.22. The number of thiocarbonyl (C=S) groups is 1. The molecule has 0 spiro atoms. The van der Waals surface area contributed by atoms with Crippen molar-refractivity contribution in [1.82, 2.24) is 5.43 Å². The van der Waals surface area contributed by atoms with E-state index >= 15 is 0 Å². The van der Waals surface area contributed by atoms with E-state index in [1.807, 2.05) is 18.2 Å². The second kappa shape index (κ2) is 8.05. The van der Waals surface area contributed by atoms with Crippen LogP contribution in [0.2, 0.25) is 0 Å². The molecule has 0 amide bonds. The van der Waals surface area contributed by atoms with Crippen LogP contribution in [0, 0.1) is 6.92 Å². The molecule has 0 aliphatic heterocycles. The number of para-hydroxylation sites is 1. The fourth-order valence-corrected chi connectivity index (χ4v) is 2.92. The Morgan fingerprint density at radius 3 is 2.57 bits per heavy atom. The summed E-state index contributed by atoms with van der Waals surface area (Å²) in [4.78, 5) is 0. The minimum atomic E-state index is 0.754. The van der Waals surface area contributed by atoms with Crippen LogP contribution >= 0.6 is 24.0 Å². The molecule has 0 unspecified atom stereocenters. The van der Waals surface area contributed by atoms with Crippen LogP contribution in [0.1, 0.15) is 23.6 Å². The van der Waals surface area contributed by atoms with E-state index in [-0.39, 0.29) is 0 Å². The third-order valence-electron chi connectivity index (χ3n) is 3.24. The highest BCUT2D eigenvalue weighted by Crippen LogP contribution is 2.20. The smallest absolute Gasteiger partial charge is 0.152 e. The lowest BCUT2D eigenvalue weighted by Crippen LogP contribution is -2.26. The zero-order valence-corrected chi connectivity index (χ0v) is 14.0. The third-order valence-corrected chi connectivity index (χ3v) is 4.54. The van der Waals surface area contributed by atoms with Crippen LogP contribution in [0.15, 0.2) is 48.5 Å². The molecule has 110 valence electrons. The SMILES string of the molecule is CCc1cccc(C)c1NNC(=S)SCc1ccccc1. The molecular weight excluding hydrogens is 296 g/mol. The van der Waals surface area contributed by atoms with Gasteiger partial charge in [-0.2, -0.15) is 0 Å². The van der Waals surface area contributed by atoms with Crippen molar-refractivity contribution in [2.45, 2.75) is 26.0 Å². The lowest BCUT2D eigenvalue weighted by Gasteiger charge is -2.15. The fourth-order valence-electron chi connectivity index (χ4n) is 2.07. The second-order valence-corrected chi connectivity index (χ2v) is 6.43. The Hall–Kier alpha value is -1.52. The number of nitrogens with one attached hydrogen (secondary N) is 2. The standard InChI is InChI=1S/C17H20N2S2/c1-3-15-11-7-8-13(2)16(15)18-19-17(20)21-12-14-9-5-4-6-10-14/h4-11,18H,3,12H2,1-2H3,(H,19,20). The van der Waals surface area contributed by atoms with Gasteiger partial charge in [-0.15, -0.1) is 0 Å². The molecule has 2 N–H and O–H groups in total. The molecule has 0 aliphatic rings. The average molecular weight is 316 g/mol. The molecule has 2 aromatic carbocycles. The molecule has 0 aliphatic carbocycles. The monoisotopic (exact) mass is 316 g/mol. The van der Waals surface area contributed by atoms with Gasteiger partial charge in [0.2, 0.25) is 0 Å². The summed E-state index contributed by atoms with van der Waals surface area (Å²) in [6, 6.07) is 16.7. The number of hydrazine groups is 1. The minimum Gasteiger partial charge on any atom is -0.299 e. The van der Waals surface area contributed by atoms with Crippen molar-refractivity contribution < 1.29 is 0 Å². The quantitative estimate of drug-likeness (QED) is 0.617. The van der Waals surface area contributed by atoms with Gasteiger partial charge in [-0.1, -0.05) is 79.4 Å². The van der Waals surface area contributed by atoms with Gasteiger partial charge in [-0.25, -0.2) is 0 Å². The van der Waals surface area contributed by atoms with Crippen molar-refractivity contribution in [1.29, 1.82) is 0 Å². The van der Waals surface area contributed by atoms with E-state index in [1.54, 1.807) is 11.8 Å². The first-order valence-electron chi connectivity index (χ1n) is 7.02. The van der Waals surface area contributed by atoms with Crippen molar-refractivity contribution >= 4 is 34.0 Å². The first-order valence-corrected chi connectivity index (χ1v) is 8.41. The molecule has 21 heavy (non-hydrogen) atoms. The average Bonchev–Trinajstić information content (AvgIpc) is 2.52. The summed E-state index contributed by atoms with van der Waals surface area (Å²) >= 11 is 6.99. The van der Waals surface area contributed by atoms with Gasteiger partial charge in [-0.05, 0) is 30.0 Å². The predicted molar refractivity (Wildman–Crippen MR) is 97.7 cm³/mol. The normalized spacial score (nSPS) is 10.2. The van der Waals surface area contributed by atoms with Gasteiger partial charge in [0.1, 0.15) is 0 Å². The van der Waals surface area contributed by atoms with Crippen molar-refractivity contribution in [2.75, 3.05) is 5.43 Å². The number of thioether (sulfide) groups is 1. The highest BCUT2D eigenvalue weighted by atomic mass is 32.2. The molecule has 0 radical (unpaired) electrons. The van der Waals surface area contributed by atoms with Crippen molar-refractivity contribution in [3.8, 4) is 0 Å². The summed E-state index contributed by atoms with van der Waals surface area (Å²) in [5, 5.41) is 0. The molecule has 2 aromatic rings. The summed E-state index contributed by atoms with van der Waals surface area (Å²) in [7, 11) is 0. The van der Waals surface area contributed by atoms with Gasteiger partial charge < -0.3 is 0 Å². The van der Waals surface area contributed by atoms with E-state index in [0.717, 1.165) is 22.2 Å². The topological polar surface area (TPSA) is 24.1 Å². The Kier molecular flexibility index (Phi) is 6.08. The number of rotatable bonds is 5. The first-order chi connectivity index (χ1) is 10.2. The van der Waals surface area contributed by atoms with Crippen LogP contribution in [0.4, 0.5) is 5.69 Å². The lowest BCUT2D eigenvalue weighted by atomic mass is 10.1. The maximum absolute atomic E-state index is 5.36. The van der Waals surface area contributed by atoms with Crippen molar-refractivity contribution in [3.63, 3.8) is 0 Å². The number of benzene rings is 2. The second-order valence-electron chi connectivity index (χ2n) is 4.77. The Morgan fingerprint density at radius 2 is 1.86 bits per heavy atom. The first kappa shape index (κ1) is 15.9. The van der Waals surface area contributed by atoms with E-state index in [9.17, 15) is 0 Å². The number of hydrogen-bond acceptors (Lipinski definition) is 3. The van der Waals surface area contributed by atoms with Gasteiger partial charge in [0.25, 0.3) is 0 Å². The predicted octanol–water partition coefficient (Wildman–Crippen LogP) is 4.69. The van der Waals surface area contributed by atoms with E-state index in [1.165, 1.54) is 16.7 Å². The van der Waals surface area contributed by atoms with E-state index in [4.69, 9.17) is 12.2 Å². The van der Waals surface area contributed by atoms with Crippen LogP contribution in [0.5, 0.6) is 0 Å². The summed E-state index contributed by atoms with van der Waals surface area (Å²) in [6.07, 6.45) is 0.996. The number of aryl methyl sites for hydroxylation is 2. The van der Waals surface area contributed by atoms with Crippen LogP contribution in [-0.2, 0) is 12.2 Å². The zero-order valence-electron chi connectivity index (χ0n) is 12.3. The highest BCUT2D eigenvalue weighted by Gasteiger charge is 2.04. The molecule has 0 aromatic heterocycles. The number of hydrogen-bond donors (Lipinski definition) is 2. The molecule has 0 atom stereocenters. The molecule has 0 saturated carbocycles. The van der Waals surface area contributed by atoms with Gasteiger partial charge in [0.15, 0.2) is 4.32 Å². The van der Waals surface area contributed by atoms with Crippen LogP contribution in [0.3, 0.4) is 0 Å². The zero-order chi connectivity index (χ0) is 15.1. The maximum atomic E-state index is 5.36. The van der Waals surface area contributed by atoms with Crippen LogP contribution < -0.4 is 10.9 Å². The molecule has 0 bridgehead atoms. The van der Waals surface area contributed by atoms with Gasteiger partial charge >= 0.3 is 0 Å². The molecule has 2 rings (SSSR count). The largest absolute Gasteiger partial charge is 0.299 e. The molecular formula is C17H20N2S2. The van der Waals surface area contributed by atoms with Gasteiger partial charge in [-0.3, -0.25) is 10.9 Å². The molecule has 0 fully saturated rings. The summed E-state index contributed by atoms with van der Waals surface area (Å²) in [6.45, 7) is 4.26. The number of anilines is 1. The van der Waals surface area contributed by atoms with Crippen molar-refractivity contribution in [3.05, 3.63) is 65.2 Å². The van der Waals surface area contributed by atoms with E-state index in [0.29, 0.717) is 0 Å². The Balaban J connectivity index is 1.87. The van der Waals surface area contributed by atoms with Gasteiger partial charge in [0, 0.05) is 5.75 Å². The Labute approximate surface area is 136 Å². The van der Waals surface area contributed by atoms with Crippen LogP contribution in [0.25, 0.3) is 0 Å². The lowest BCUT2D eigenvalue weighted by molar-refractivity contribution is 1.08. The molecule has 2 nitrogen and oxygen atoms in total. The van der Waals surface area contributed by atoms with Gasteiger partial charge in [0.05, 0.1) is 5.69 Å². The third kappa shape index (κ3) is 4.76. The Morgan fingerprint density at radius 1 is 1.10 bits per heavy atom. The molecule has 0 saturated heterocycles. The summed E-state index contributed by atoms with van der Waals surface area (Å²) in [5.41, 5.74) is 11.3. The van der Waals surface area contributed by atoms with E-state index in [2.05, 4.69) is 55.0 Å². The molecule has 0 heterocycles. The fraction of sp³-hybridized carbons (Fsp3) is 0.235. The molecule has 4 heteroatoms. The van der Waals surface area contributed by atoms with Crippen molar-refractivity contribution in [2.24, 2.45) is 0 Å². The van der Waals surface area contributed by atoms with Crippen LogP contribution in [-0.4, -0.2) is 4.32 Å². The Bertz CT molecular complexity index is 597. The summed E-state index contributed by atoms with van der Waals surface area (Å²) in [5.74, 6) is 0.878. The minimum absolute atomic E-state index is 0.754. The maximum Gasteiger partial charge on any atom is 0.152 e. The summed E-state index contributed by atoms with van der Waals surface area (Å²) < 4.78 is 0.754.